The number of benzene rings is 1. The van der Waals surface area contributed by atoms with Crippen molar-refractivity contribution < 1.29 is 9.59 Å². The van der Waals surface area contributed by atoms with Crippen LogP contribution in [0.25, 0.3) is 11.3 Å². The van der Waals surface area contributed by atoms with Crippen LogP contribution < -0.4 is 5.56 Å². The lowest BCUT2D eigenvalue weighted by molar-refractivity contribution is -0.138. The van der Waals surface area contributed by atoms with E-state index >= 15 is 0 Å². The molecule has 0 saturated carbocycles. The smallest absolute Gasteiger partial charge is 0.267 e. The van der Waals surface area contributed by atoms with Crippen LogP contribution in [-0.2, 0) is 9.59 Å². The van der Waals surface area contributed by atoms with Crippen LogP contribution in [0.1, 0.15) is 24.1 Å². The topological polar surface area (TPSA) is 72.3 Å². The van der Waals surface area contributed by atoms with Gasteiger partial charge in [-0.15, -0.1) is 0 Å². The second kappa shape index (κ2) is 6.78. The number of rotatable bonds is 4. The Hall–Kier alpha value is -2.76. The van der Waals surface area contributed by atoms with Gasteiger partial charge in [-0.05, 0) is 38.5 Å². The number of ketones is 1. The van der Waals surface area contributed by atoms with E-state index in [1.54, 1.807) is 6.07 Å². The number of carbonyl (C=O) groups excluding carboxylic acids is 2. The molecule has 0 aliphatic carbocycles. The average Bonchev–Trinajstić information content (AvgIpc) is 2.51. The predicted molar refractivity (Wildman–Crippen MR) is 91.8 cm³/mol. The summed E-state index contributed by atoms with van der Waals surface area (Å²) in [5.74, 6) is -0.906. The maximum atomic E-state index is 12.3. The maximum absolute atomic E-state index is 12.3. The van der Waals surface area contributed by atoms with Gasteiger partial charge in [-0.1, -0.05) is 17.7 Å². The van der Waals surface area contributed by atoms with Crippen LogP contribution in [0.3, 0.4) is 0 Å². The number of nitrogens with zero attached hydrogens (tertiary/aromatic N) is 3. The minimum atomic E-state index is -1.25. The molecule has 1 aromatic heterocycles. The van der Waals surface area contributed by atoms with Crippen LogP contribution >= 0.6 is 0 Å². The van der Waals surface area contributed by atoms with E-state index in [2.05, 4.69) is 5.10 Å². The van der Waals surface area contributed by atoms with E-state index in [0.29, 0.717) is 5.69 Å². The summed E-state index contributed by atoms with van der Waals surface area (Å²) in [4.78, 5) is 37.8. The van der Waals surface area contributed by atoms with Crippen LogP contribution in [0.5, 0.6) is 0 Å². The Morgan fingerprint density at radius 1 is 1.12 bits per heavy atom. The van der Waals surface area contributed by atoms with Gasteiger partial charge in [0, 0.05) is 25.7 Å². The summed E-state index contributed by atoms with van der Waals surface area (Å²) < 4.78 is 0.974. The largest absolute Gasteiger partial charge is 0.347 e. The van der Waals surface area contributed by atoms with Crippen molar-refractivity contribution in [3.8, 4) is 11.3 Å². The third-order valence-corrected chi connectivity index (χ3v) is 3.80. The molecule has 0 spiro atoms. The van der Waals surface area contributed by atoms with Gasteiger partial charge in [-0.25, -0.2) is 4.68 Å². The highest BCUT2D eigenvalue weighted by molar-refractivity contribution is 6.02. The van der Waals surface area contributed by atoms with E-state index in [-0.39, 0.29) is 0 Å². The molecule has 6 heteroatoms. The highest BCUT2D eigenvalue weighted by Gasteiger charge is 2.29. The normalized spacial score (nSPS) is 11.9. The Morgan fingerprint density at radius 3 is 2.38 bits per heavy atom. The Kier molecular flexibility index (Phi) is 4.97. The van der Waals surface area contributed by atoms with Crippen LogP contribution in [0.2, 0.25) is 0 Å². The SMILES string of the molecule is CC(=O)[C@@H](C(=O)N(C)C)n1nc(-c2cc(C)ccc2C)ccc1=O. The number of hydrogen-bond acceptors (Lipinski definition) is 4. The molecule has 1 aromatic carbocycles. The van der Waals surface area contributed by atoms with Gasteiger partial charge < -0.3 is 4.90 Å². The summed E-state index contributed by atoms with van der Waals surface area (Å²) in [6, 6.07) is 7.61. The van der Waals surface area contributed by atoms with Crippen LogP contribution in [0, 0.1) is 13.8 Å². The molecule has 24 heavy (non-hydrogen) atoms. The second-order valence-corrected chi connectivity index (χ2v) is 6.07. The van der Waals surface area contributed by atoms with Crippen molar-refractivity contribution in [3.05, 3.63) is 51.8 Å². The number of likely N-dealkylation sites (N-methyl/N-ethyl adjacent to an activating group) is 1. The van der Waals surface area contributed by atoms with Crippen LogP contribution in [0.15, 0.2) is 35.1 Å². The van der Waals surface area contributed by atoms with Crippen LogP contribution in [0.4, 0.5) is 0 Å². The van der Waals surface area contributed by atoms with Crippen molar-refractivity contribution in [2.24, 2.45) is 0 Å². The summed E-state index contributed by atoms with van der Waals surface area (Å²) in [7, 11) is 3.08. The van der Waals surface area contributed by atoms with E-state index in [4.69, 9.17) is 0 Å². The minimum absolute atomic E-state index is 0.429. The number of carbonyl (C=O) groups is 2. The number of aryl methyl sites for hydroxylation is 2. The molecule has 0 fully saturated rings. The second-order valence-electron chi connectivity index (χ2n) is 6.07. The molecule has 0 aliphatic rings. The maximum Gasteiger partial charge on any atom is 0.267 e. The van der Waals surface area contributed by atoms with Gasteiger partial charge in [0.1, 0.15) is 0 Å². The molecule has 0 bridgehead atoms. The van der Waals surface area contributed by atoms with E-state index in [1.807, 2.05) is 32.0 Å². The lowest BCUT2D eigenvalue weighted by Gasteiger charge is -2.20. The Balaban J connectivity index is 2.64. The Bertz CT molecular complexity index is 853. The number of amides is 1. The lowest BCUT2D eigenvalue weighted by atomic mass is 10.0. The number of Topliss-reactive ketones (excluding diaryl/α,β-unsaturated/α-hetero) is 1. The monoisotopic (exact) mass is 327 g/mol. The van der Waals surface area contributed by atoms with Crippen molar-refractivity contribution in [2.45, 2.75) is 26.8 Å². The van der Waals surface area contributed by atoms with Gasteiger partial charge >= 0.3 is 0 Å². The van der Waals surface area contributed by atoms with Crippen molar-refractivity contribution in [1.29, 1.82) is 0 Å². The van der Waals surface area contributed by atoms with E-state index in [1.165, 1.54) is 32.0 Å². The van der Waals surface area contributed by atoms with Gasteiger partial charge in [0.2, 0.25) is 0 Å². The van der Waals surface area contributed by atoms with E-state index in [0.717, 1.165) is 21.4 Å². The predicted octanol–water partition coefficient (Wildman–Crippen LogP) is 1.75. The molecule has 2 rings (SSSR count). The van der Waals surface area contributed by atoms with Crippen molar-refractivity contribution >= 4 is 11.7 Å². The minimum Gasteiger partial charge on any atom is -0.347 e. The highest BCUT2D eigenvalue weighted by Crippen LogP contribution is 2.22. The first-order valence-electron chi connectivity index (χ1n) is 7.61. The van der Waals surface area contributed by atoms with Gasteiger partial charge in [-0.2, -0.15) is 5.10 Å². The summed E-state index contributed by atoms with van der Waals surface area (Å²) in [6.07, 6.45) is 0. The molecule has 1 heterocycles. The third-order valence-electron chi connectivity index (χ3n) is 3.80. The molecule has 1 amide bonds. The zero-order chi connectivity index (χ0) is 18.0. The van der Waals surface area contributed by atoms with Gasteiger partial charge in [0.25, 0.3) is 11.5 Å². The molecule has 0 radical (unpaired) electrons. The third kappa shape index (κ3) is 3.42. The van der Waals surface area contributed by atoms with Crippen LogP contribution in [-0.4, -0.2) is 40.5 Å². The first kappa shape index (κ1) is 17.6. The number of aromatic nitrogens is 2. The Morgan fingerprint density at radius 2 is 1.79 bits per heavy atom. The van der Waals surface area contributed by atoms with Crippen molar-refractivity contribution in [1.82, 2.24) is 14.7 Å². The molecule has 126 valence electrons. The molecule has 6 nitrogen and oxygen atoms in total. The Labute approximate surface area is 140 Å². The summed E-state index contributed by atoms with van der Waals surface area (Å²) in [5, 5.41) is 4.31. The molecule has 0 unspecified atom stereocenters. The van der Waals surface area contributed by atoms with Crippen molar-refractivity contribution in [3.63, 3.8) is 0 Å². The fourth-order valence-corrected chi connectivity index (χ4v) is 2.46. The highest BCUT2D eigenvalue weighted by atomic mass is 16.2. The fraction of sp³-hybridized carbons (Fsp3) is 0.333. The van der Waals surface area contributed by atoms with Gasteiger partial charge in [0.15, 0.2) is 11.8 Å². The average molecular weight is 327 g/mol. The zero-order valence-corrected chi connectivity index (χ0v) is 14.5. The number of hydrogen-bond donors (Lipinski definition) is 0. The van der Waals surface area contributed by atoms with E-state index < -0.39 is 23.3 Å². The van der Waals surface area contributed by atoms with Crippen molar-refractivity contribution in [2.75, 3.05) is 14.1 Å². The lowest BCUT2D eigenvalue weighted by Crippen LogP contribution is -2.41. The molecule has 0 aliphatic heterocycles. The molecular weight excluding hydrogens is 306 g/mol. The molecule has 0 N–H and O–H groups in total. The van der Waals surface area contributed by atoms with Gasteiger partial charge in [-0.3, -0.25) is 14.4 Å². The summed E-state index contributed by atoms with van der Waals surface area (Å²) in [5.41, 5.74) is 2.98. The van der Waals surface area contributed by atoms with Gasteiger partial charge in [0.05, 0.1) is 5.69 Å². The zero-order valence-electron chi connectivity index (χ0n) is 14.5. The quantitative estimate of drug-likeness (QED) is 0.802. The first-order valence-corrected chi connectivity index (χ1v) is 7.61. The fourth-order valence-electron chi connectivity index (χ4n) is 2.46. The van der Waals surface area contributed by atoms with E-state index in [9.17, 15) is 14.4 Å². The molecular formula is C18H21N3O3. The molecule has 0 saturated heterocycles. The first-order chi connectivity index (χ1) is 11.2. The molecule has 2 aromatic rings. The summed E-state index contributed by atoms with van der Waals surface area (Å²) >= 11 is 0. The standard InChI is InChI=1S/C18H21N3O3/c1-11-6-7-12(2)14(10-11)15-8-9-16(23)21(19-15)17(13(3)22)18(24)20(4)5/h6-10,17H,1-5H3/t17-/m0/s1. The summed E-state index contributed by atoms with van der Waals surface area (Å²) in [6.45, 7) is 5.19. The molecule has 1 atom stereocenters.